The highest BCUT2D eigenvalue weighted by Gasteiger charge is 2.26. The Hall–Kier alpha value is -6.33. The number of hydrogen-bond acceptors (Lipinski definition) is 14. The van der Waals surface area contributed by atoms with Gasteiger partial charge in [-0.05, 0) is 70.8 Å². The van der Waals surface area contributed by atoms with E-state index in [2.05, 4.69) is 35.7 Å². The van der Waals surface area contributed by atoms with Crippen molar-refractivity contribution in [1.82, 2.24) is 40.6 Å². The minimum Gasteiger partial charge on any atom is -0.415 e. The summed E-state index contributed by atoms with van der Waals surface area (Å²) in [4.78, 5) is 21.8. The summed E-state index contributed by atoms with van der Waals surface area (Å²) < 4.78 is 112. The molecule has 23 heteroatoms. The third-order valence-electron chi connectivity index (χ3n) is 9.56. The second-order valence-corrected chi connectivity index (χ2v) is 17.8. The van der Waals surface area contributed by atoms with Gasteiger partial charge in [-0.3, -0.25) is 23.4 Å². The Labute approximate surface area is 346 Å². The molecule has 1 N–H and O–H groups in total. The molecule has 1 amide bonds. The molecule has 2 aromatic carbocycles. The van der Waals surface area contributed by atoms with Crippen molar-refractivity contribution in [2.45, 2.75) is 59.0 Å². The first-order valence-corrected chi connectivity index (χ1v) is 21.9. The smallest absolute Gasteiger partial charge is 0.314 e. The number of nitrogens with one attached hydrogen (secondary N) is 1. The lowest BCUT2D eigenvalue weighted by Crippen LogP contribution is -2.29. The average molecular weight is 885 g/mol. The molecule has 0 atom stereocenters. The lowest BCUT2D eigenvalue weighted by molar-refractivity contribution is -0.129. The predicted molar refractivity (Wildman–Crippen MR) is 210 cm³/mol. The third-order valence-corrected chi connectivity index (χ3v) is 11.8. The molecule has 8 rings (SSSR count). The van der Waals surface area contributed by atoms with E-state index in [1.165, 1.54) is 27.9 Å². The van der Waals surface area contributed by atoms with Crippen LogP contribution in [0.5, 0.6) is 0 Å². The molecule has 0 bridgehead atoms. The van der Waals surface area contributed by atoms with E-state index in [1.54, 1.807) is 47.4 Å². The van der Waals surface area contributed by atoms with Crippen LogP contribution in [0.3, 0.4) is 0 Å². The van der Waals surface area contributed by atoms with Gasteiger partial charge in [0.05, 0.1) is 59.5 Å². The van der Waals surface area contributed by atoms with Crippen molar-refractivity contribution in [3.05, 3.63) is 118 Å². The van der Waals surface area contributed by atoms with Crippen LogP contribution in [0.15, 0.2) is 81.9 Å². The van der Waals surface area contributed by atoms with Gasteiger partial charge in [0.15, 0.2) is 0 Å². The molecule has 6 aromatic rings. The Morgan fingerprint density at radius 3 is 1.56 bits per heavy atom. The largest absolute Gasteiger partial charge is 0.415 e. The molecule has 0 unspecified atom stereocenters. The van der Waals surface area contributed by atoms with E-state index >= 15 is 0 Å². The molecular weight excluding hydrogens is 849 g/mol. The third kappa shape index (κ3) is 10.0. The minimum absolute atomic E-state index is 0.0252. The zero-order valence-corrected chi connectivity index (χ0v) is 34.2. The fourth-order valence-electron chi connectivity index (χ4n) is 6.46. The number of fused-ring (bicyclic) bond motifs is 2. The molecule has 2 aliphatic heterocycles. The first-order valence-electron chi connectivity index (χ1n) is 18.2. The SMILES string of the molecule is CC(=O)N1Cc2ccc(N(Cc3ccc(-c4nnc(C(F)F)o4)cn3)S(C)(=O)=O)cc2C1.CS(=O)(=O)N(Cc1ccc(-c2nnc(C(F)F)o2)cn1)c1ccc2c(c1)CNC2. The van der Waals surface area contributed by atoms with Crippen molar-refractivity contribution < 1.29 is 48.0 Å². The number of benzene rings is 2. The summed E-state index contributed by atoms with van der Waals surface area (Å²) in [5.74, 6) is -1.78. The van der Waals surface area contributed by atoms with Gasteiger partial charge in [-0.2, -0.15) is 17.6 Å². The standard InChI is InChI=1S/C20H19F2N5O4S.C18H17F2N5O3S/c1-12(28)26-9-14-4-6-17(7-15(14)10-26)27(32(2,29)30)11-16-5-3-13(8-23-16)19-24-25-20(31-19)18(21)22;1-29(26,27)25(15-5-3-11-7-21-8-13(11)6-15)10-14-4-2-12(9-22-14)17-23-24-18(28-17)16(19)20/h3-8,18H,9-11H2,1-2H3;2-6,9,16,21H,7-8,10H2,1H3. The van der Waals surface area contributed by atoms with Gasteiger partial charge in [0, 0.05) is 45.5 Å². The number of aromatic nitrogens is 6. The Kier molecular flexibility index (Phi) is 12.2. The monoisotopic (exact) mass is 884 g/mol. The number of rotatable bonds is 12. The number of sulfonamides is 2. The van der Waals surface area contributed by atoms with Gasteiger partial charge in [0.1, 0.15) is 0 Å². The molecule has 0 radical (unpaired) electrons. The molecule has 2 aliphatic rings. The summed E-state index contributed by atoms with van der Waals surface area (Å²) in [6, 6.07) is 17.1. The van der Waals surface area contributed by atoms with E-state index in [4.69, 9.17) is 8.83 Å². The van der Waals surface area contributed by atoms with Gasteiger partial charge in [-0.15, -0.1) is 20.4 Å². The Balaban J connectivity index is 0.000000185. The summed E-state index contributed by atoms with van der Waals surface area (Å²) in [6.45, 7) is 3.86. The number of halogens is 4. The molecule has 0 fully saturated rings. The molecule has 0 saturated heterocycles. The van der Waals surface area contributed by atoms with E-state index in [0.29, 0.717) is 53.5 Å². The van der Waals surface area contributed by atoms with Gasteiger partial charge in [-0.25, -0.2) is 16.8 Å². The average Bonchev–Trinajstić information content (AvgIpc) is 4.05. The maximum atomic E-state index is 12.6. The van der Waals surface area contributed by atoms with E-state index in [1.807, 2.05) is 18.2 Å². The summed E-state index contributed by atoms with van der Waals surface area (Å²) in [6.07, 6.45) is -0.759. The van der Waals surface area contributed by atoms with Crippen LogP contribution >= 0.6 is 0 Å². The second kappa shape index (κ2) is 17.3. The zero-order chi connectivity index (χ0) is 43.6. The molecule has 0 saturated carbocycles. The highest BCUT2D eigenvalue weighted by molar-refractivity contribution is 7.92. The lowest BCUT2D eigenvalue weighted by atomic mass is 10.1. The lowest BCUT2D eigenvalue weighted by Gasteiger charge is -2.22. The summed E-state index contributed by atoms with van der Waals surface area (Å²) in [7, 11) is -7.20. The molecule has 320 valence electrons. The first kappa shape index (κ1) is 42.8. The Morgan fingerprint density at radius 1 is 0.672 bits per heavy atom. The van der Waals surface area contributed by atoms with Crippen molar-refractivity contribution in [3.8, 4) is 22.9 Å². The van der Waals surface area contributed by atoms with Crippen LogP contribution in [0, 0.1) is 0 Å². The predicted octanol–water partition coefficient (Wildman–Crippen LogP) is 5.54. The number of carbonyl (C=O) groups excluding carboxylic acids is 1. The molecule has 0 spiro atoms. The normalized spacial score (nSPS) is 13.6. The summed E-state index contributed by atoms with van der Waals surface area (Å²) in [5.41, 5.74) is 6.69. The van der Waals surface area contributed by atoms with Crippen LogP contribution in [-0.4, -0.2) is 70.5 Å². The number of anilines is 2. The first-order chi connectivity index (χ1) is 28.9. The van der Waals surface area contributed by atoms with Crippen LogP contribution in [-0.2, 0) is 64.1 Å². The second-order valence-electron chi connectivity index (χ2n) is 14.0. The highest BCUT2D eigenvalue weighted by atomic mass is 32.2. The van der Waals surface area contributed by atoms with Crippen LogP contribution in [0.1, 0.15) is 65.2 Å². The number of amides is 1. The number of alkyl halides is 4. The van der Waals surface area contributed by atoms with Gasteiger partial charge in [-0.1, -0.05) is 12.1 Å². The van der Waals surface area contributed by atoms with Crippen molar-refractivity contribution in [1.29, 1.82) is 0 Å². The van der Waals surface area contributed by atoms with E-state index in [0.717, 1.165) is 41.3 Å². The summed E-state index contributed by atoms with van der Waals surface area (Å²) in [5, 5.41) is 16.9. The van der Waals surface area contributed by atoms with Crippen molar-refractivity contribution in [3.63, 3.8) is 0 Å². The number of hydrogen-bond donors (Lipinski definition) is 1. The number of carbonyl (C=O) groups is 1. The maximum absolute atomic E-state index is 12.6. The maximum Gasteiger partial charge on any atom is 0.314 e. The molecular formula is C38H36F4N10O7S2. The van der Waals surface area contributed by atoms with Crippen LogP contribution in [0.2, 0.25) is 0 Å². The van der Waals surface area contributed by atoms with E-state index < -0.39 is 44.7 Å². The van der Waals surface area contributed by atoms with Gasteiger partial charge < -0.3 is 19.1 Å². The van der Waals surface area contributed by atoms with E-state index in [9.17, 15) is 39.2 Å². The zero-order valence-electron chi connectivity index (χ0n) is 32.5. The molecule has 4 aromatic heterocycles. The van der Waals surface area contributed by atoms with Crippen molar-refractivity contribution in [2.24, 2.45) is 0 Å². The van der Waals surface area contributed by atoms with Crippen molar-refractivity contribution >= 4 is 37.3 Å². The topological polar surface area (TPSA) is 211 Å². The molecule has 6 heterocycles. The molecule has 0 aliphatic carbocycles. The van der Waals surface area contributed by atoms with Crippen LogP contribution < -0.4 is 13.9 Å². The molecule has 61 heavy (non-hydrogen) atoms. The van der Waals surface area contributed by atoms with Gasteiger partial charge in [0.25, 0.3) is 11.8 Å². The number of pyridine rings is 2. The fraction of sp³-hybridized carbons (Fsp3) is 0.289. The van der Waals surface area contributed by atoms with Crippen molar-refractivity contribution in [2.75, 3.05) is 21.1 Å². The van der Waals surface area contributed by atoms with Gasteiger partial charge >= 0.3 is 12.9 Å². The quantitative estimate of drug-likeness (QED) is 0.150. The van der Waals surface area contributed by atoms with Crippen LogP contribution in [0.4, 0.5) is 28.9 Å². The van der Waals surface area contributed by atoms with E-state index in [-0.39, 0.29) is 30.8 Å². The highest BCUT2D eigenvalue weighted by Crippen LogP contribution is 2.31. The molecule has 17 nitrogen and oxygen atoms in total. The Bertz CT molecular complexity index is 2770. The number of nitrogens with zero attached hydrogens (tertiary/aromatic N) is 9. The Morgan fingerprint density at radius 2 is 1.13 bits per heavy atom. The summed E-state index contributed by atoms with van der Waals surface area (Å²) >= 11 is 0. The van der Waals surface area contributed by atoms with Crippen LogP contribution in [0.25, 0.3) is 22.9 Å². The minimum atomic E-state index is -3.64. The fourth-order valence-corrected chi connectivity index (χ4v) is 8.18. The van der Waals surface area contributed by atoms with Gasteiger partial charge in [0.2, 0.25) is 37.7 Å².